The average Bonchev–Trinajstić information content (AvgIpc) is 2.20. The summed E-state index contributed by atoms with van der Waals surface area (Å²) in [5.41, 5.74) is 2.74. The molecule has 1 saturated heterocycles. The number of halogens is 1. The molecule has 1 aliphatic rings. The molecule has 1 unspecified atom stereocenters. The maximum absolute atomic E-state index is 3.70. The number of anilines is 1. The zero-order valence-corrected chi connectivity index (χ0v) is 12.6. The molecular weight excluding hydrogens is 276 g/mol. The van der Waals surface area contributed by atoms with Crippen LogP contribution in [0.15, 0.2) is 22.7 Å². The quantitative estimate of drug-likeness (QED) is 0.855. The Balaban J connectivity index is 2.42. The molecule has 1 fully saturated rings. The van der Waals surface area contributed by atoms with E-state index in [0.717, 1.165) is 13.1 Å². The Morgan fingerprint density at radius 1 is 1.41 bits per heavy atom. The van der Waals surface area contributed by atoms with Gasteiger partial charge in [-0.1, -0.05) is 6.07 Å². The van der Waals surface area contributed by atoms with Crippen molar-refractivity contribution in [1.29, 1.82) is 0 Å². The van der Waals surface area contributed by atoms with Crippen molar-refractivity contribution in [2.45, 2.75) is 39.3 Å². The third-order valence-electron chi connectivity index (χ3n) is 3.45. The molecule has 0 aromatic heterocycles. The van der Waals surface area contributed by atoms with E-state index in [2.05, 4.69) is 72.0 Å². The van der Waals surface area contributed by atoms with Crippen LogP contribution < -0.4 is 10.2 Å². The van der Waals surface area contributed by atoms with E-state index in [9.17, 15) is 0 Å². The molecule has 1 aromatic rings. The summed E-state index contributed by atoms with van der Waals surface area (Å²) in [5.74, 6) is 0. The minimum absolute atomic E-state index is 0.148. The maximum Gasteiger partial charge on any atom is 0.0518 e. The molecule has 1 heterocycles. The monoisotopic (exact) mass is 296 g/mol. The Bertz CT molecular complexity index is 415. The molecule has 1 aromatic carbocycles. The van der Waals surface area contributed by atoms with E-state index in [4.69, 9.17) is 0 Å². The predicted octanol–water partition coefficient (Wildman–Crippen LogP) is 3.33. The first-order chi connectivity index (χ1) is 7.92. The molecule has 0 amide bonds. The smallest absolute Gasteiger partial charge is 0.0518 e. The van der Waals surface area contributed by atoms with Gasteiger partial charge in [-0.25, -0.2) is 0 Å². The molecule has 2 nitrogen and oxygen atoms in total. The van der Waals surface area contributed by atoms with Crippen molar-refractivity contribution in [2.75, 3.05) is 18.0 Å². The summed E-state index contributed by atoms with van der Waals surface area (Å²) >= 11 is 3.70. The fourth-order valence-corrected chi connectivity index (χ4v) is 3.42. The Morgan fingerprint density at radius 2 is 2.12 bits per heavy atom. The summed E-state index contributed by atoms with van der Waals surface area (Å²) in [6.45, 7) is 11.1. The summed E-state index contributed by atoms with van der Waals surface area (Å²) in [7, 11) is 0. The summed E-state index contributed by atoms with van der Waals surface area (Å²) in [6.07, 6.45) is 0. The highest BCUT2D eigenvalue weighted by Crippen LogP contribution is 2.34. The van der Waals surface area contributed by atoms with Crippen LogP contribution in [0.2, 0.25) is 0 Å². The van der Waals surface area contributed by atoms with Crippen LogP contribution in [0.3, 0.4) is 0 Å². The van der Waals surface area contributed by atoms with E-state index in [1.165, 1.54) is 15.7 Å². The summed E-state index contributed by atoms with van der Waals surface area (Å²) < 4.78 is 1.19. The Kier molecular flexibility index (Phi) is 3.50. The van der Waals surface area contributed by atoms with Crippen LogP contribution in [0.1, 0.15) is 26.3 Å². The first kappa shape index (κ1) is 12.9. The molecule has 1 aliphatic heterocycles. The molecule has 17 heavy (non-hydrogen) atoms. The number of rotatable bonds is 1. The molecule has 0 radical (unpaired) electrons. The second kappa shape index (κ2) is 4.62. The van der Waals surface area contributed by atoms with E-state index in [0.29, 0.717) is 6.04 Å². The molecule has 0 aliphatic carbocycles. The van der Waals surface area contributed by atoms with Gasteiger partial charge in [-0.05, 0) is 61.3 Å². The first-order valence-electron chi connectivity index (χ1n) is 6.18. The average molecular weight is 297 g/mol. The number of hydrogen-bond acceptors (Lipinski definition) is 2. The van der Waals surface area contributed by atoms with Gasteiger partial charge >= 0.3 is 0 Å². The lowest BCUT2D eigenvalue weighted by molar-refractivity contribution is 0.333. The summed E-state index contributed by atoms with van der Waals surface area (Å²) in [6, 6.07) is 7.12. The highest BCUT2D eigenvalue weighted by molar-refractivity contribution is 9.10. The van der Waals surface area contributed by atoms with Gasteiger partial charge in [0.2, 0.25) is 0 Å². The fraction of sp³-hybridized carbons (Fsp3) is 0.571. The molecular formula is C14H21BrN2. The zero-order valence-electron chi connectivity index (χ0n) is 11.0. The Morgan fingerprint density at radius 3 is 2.71 bits per heavy atom. The van der Waals surface area contributed by atoms with Crippen molar-refractivity contribution in [2.24, 2.45) is 0 Å². The molecule has 1 N–H and O–H groups in total. The van der Waals surface area contributed by atoms with Gasteiger partial charge in [0.25, 0.3) is 0 Å². The third-order valence-corrected chi connectivity index (χ3v) is 4.09. The number of piperazine rings is 1. The second-order valence-electron chi connectivity index (χ2n) is 5.62. The first-order valence-corrected chi connectivity index (χ1v) is 6.97. The van der Waals surface area contributed by atoms with Crippen molar-refractivity contribution >= 4 is 21.6 Å². The molecule has 94 valence electrons. The van der Waals surface area contributed by atoms with Crippen LogP contribution in [-0.4, -0.2) is 24.7 Å². The Hall–Kier alpha value is -0.540. The van der Waals surface area contributed by atoms with Gasteiger partial charge in [-0.15, -0.1) is 0 Å². The van der Waals surface area contributed by atoms with Crippen LogP contribution in [-0.2, 0) is 0 Å². The van der Waals surface area contributed by atoms with Crippen LogP contribution in [0.25, 0.3) is 0 Å². The van der Waals surface area contributed by atoms with Crippen LogP contribution in [0.4, 0.5) is 5.69 Å². The standard InChI is InChI=1S/C14H21BrN2/c1-10-5-6-13(12(15)7-10)17-11(2)8-16-9-14(17,3)4/h5-7,11,16H,8-9H2,1-4H3. The topological polar surface area (TPSA) is 15.3 Å². The number of hydrogen-bond donors (Lipinski definition) is 1. The SMILES string of the molecule is Cc1ccc(N2C(C)CNCC2(C)C)c(Br)c1. The largest absolute Gasteiger partial charge is 0.360 e. The van der Waals surface area contributed by atoms with Gasteiger partial charge in [0.15, 0.2) is 0 Å². The summed E-state index contributed by atoms with van der Waals surface area (Å²) in [4.78, 5) is 2.52. The number of benzene rings is 1. The minimum Gasteiger partial charge on any atom is -0.360 e. The van der Waals surface area contributed by atoms with Gasteiger partial charge in [0, 0.05) is 29.1 Å². The predicted molar refractivity (Wildman–Crippen MR) is 77.8 cm³/mol. The number of aryl methyl sites for hydroxylation is 1. The highest BCUT2D eigenvalue weighted by Gasteiger charge is 2.34. The lowest BCUT2D eigenvalue weighted by Crippen LogP contribution is -2.62. The fourth-order valence-electron chi connectivity index (χ4n) is 2.73. The van der Waals surface area contributed by atoms with Crippen molar-refractivity contribution in [3.63, 3.8) is 0 Å². The third kappa shape index (κ3) is 2.50. The lowest BCUT2D eigenvalue weighted by atomic mass is 9.95. The normalized spacial score (nSPS) is 23.8. The van der Waals surface area contributed by atoms with Crippen molar-refractivity contribution in [3.05, 3.63) is 28.2 Å². The van der Waals surface area contributed by atoms with Crippen LogP contribution >= 0.6 is 15.9 Å². The van der Waals surface area contributed by atoms with Crippen molar-refractivity contribution in [3.8, 4) is 0 Å². The van der Waals surface area contributed by atoms with E-state index < -0.39 is 0 Å². The molecule has 0 spiro atoms. The maximum atomic E-state index is 3.70. The highest BCUT2D eigenvalue weighted by atomic mass is 79.9. The van der Waals surface area contributed by atoms with Gasteiger partial charge in [0.05, 0.1) is 5.69 Å². The molecule has 3 heteroatoms. The van der Waals surface area contributed by atoms with Gasteiger partial charge < -0.3 is 10.2 Å². The molecule has 2 rings (SSSR count). The van der Waals surface area contributed by atoms with Crippen molar-refractivity contribution in [1.82, 2.24) is 5.32 Å². The second-order valence-corrected chi connectivity index (χ2v) is 6.47. The van der Waals surface area contributed by atoms with Crippen molar-refractivity contribution < 1.29 is 0 Å². The Labute approximate surface area is 113 Å². The number of nitrogens with zero attached hydrogens (tertiary/aromatic N) is 1. The lowest BCUT2D eigenvalue weighted by Gasteiger charge is -2.49. The van der Waals surface area contributed by atoms with E-state index in [-0.39, 0.29) is 5.54 Å². The van der Waals surface area contributed by atoms with Gasteiger partial charge in [0.1, 0.15) is 0 Å². The van der Waals surface area contributed by atoms with Gasteiger partial charge in [-0.3, -0.25) is 0 Å². The van der Waals surface area contributed by atoms with E-state index in [1.807, 2.05) is 0 Å². The molecule has 0 saturated carbocycles. The summed E-state index contributed by atoms with van der Waals surface area (Å²) in [5, 5.41) is 3.50. The van der Waals surface area contributed by atoms with Crippen LogP contribution in [0.5, 0.6) is 0 Å². The van der Waals surface area contributed by atoms with E-state index in [1.54, 1.807) is 0 Å². The number of nitrogens with one attached hydrogen (secondary N) is 1. The van der Waals surface area contributed by atoms with Gasteiger partial charge in [-0.2, -0.15) is 0 Å². The van der Waals surface area contributed by atoms with Crippen LogP contribution in [0, 0.1) is 6.92 Å². The molecule has 1 atom stereocenters. The molecule has 0 bridgehead atoms. The zero-order chi connectivity index (χ0) is 12.6. The minimum atomic E-state index is 0.148. The van der Waals surface area contributed by atoms with E-state index >= 15 is 0 Å².